The molecule has 0 N–H and O–H groups in total. The Labute approximate surface area is 92.4 Å². The van der Waals surface area contributed by atoms with Gasteiger partial charge >= 0.3 is 0 Å². The topological polar surface area (TPSA) is 26.3 Å². The minimum atomic E-state index is 0.0962. The molecule has 0 saturated carbocycles. The van der Waals surface area contributed by atoms with E-state index in [-0.39, 0.29) is 5.78 Å². The van der Waals surface area contributed by atoms with Gasteiger partial charge < -0.3 is 4.74 Å². The second-order valence-electron chi connectivity index (χ2n) is 3.20. The molecule has 0 radical (unpaired) electrons. The first kappa shape index (κ1) is 11.2. The van der Waals surface area contributed by atoms with Crippen molar-refractivity contribution in [3.63, 3.8) is 0 Å². The number of carbonyl (C=O) groups is 1. The number of Topliss-reactive ketones (excluding diaryl/α,β-unsaturated/α-hetero) is 1. The SMILES string of the molecule is COc1c(C)cc(C(=O)CBr)cc1C. The highest BCUT2D eigenvalue weighted by Crippen LogP contribution is 2.24. The number of ketones is 1. The molecule has 0 amide bonds. The molecule has 2 nitrogen and oxygen atoms in total. The highest BCUT2D eigenvalue weighted by molar-refractivity contribution is 9.09. The van der Waals surface area contributed by atoms with Crippen molar-refractivity contribution in [2.75, 3.05) is 12.4 Å². The van der Waals surface area contributed by atoms with Crippen molar-refractivity contribution >= 4 is 21.7 Å². The molecule has 0 aliphatic carbocycles. The highest BCUT2D eigenvalue weighted by atomic mass is 79.9. The van der Waals surface area contributed by atoms with Crippen molar-refractivity contribution in [1.29, 1.82) is 0 Å². The van der Waals surface area contributed by atoms with Crippen LogP contribution in [-0.2, 0) is 0 Å². The molecule has 14 heavy (non-hydrogen) atoms. The summed E-state index contributed by atoms with van der Waals surface area (Å²) in [5.74, 6) is 0.954. The van der Waals surface area contributed by atoms with Crippen molar-refractivity contribution in [3.8, 4) is 5.75 Å². The van der Waals surface area contributed by atoms with Gasteiger partial charge in [0.15, 0.2) is 5.78 Å². The summed E-state index contributed by atoms with van der Waals surface area (Å²) in [6, 6.07) is 3.71. The summed E-state index contributed by atoms with van der Waals surface area (Å²) in [6.07, 6.45) is 0. The van der Waals surface area contributed by atoms with Gasteiger partial charge in [0, 0.05) is 5.56 Å². The van der Waals surface area contributed by atoms with Crippen molar-refractivity contribution in [2.24, 2.45) is 0 Å². The van der Waals surface area contributed by atoms with Gasteiger partial charge in [-0.15, -0.1) is 0 Å². The number of carbonyl (C=O) groups excluding carboxylic acids is 1. The van der Waals surface area contributed by atoms with Crippen molar-refractivity contribution < 1.29 is 9.53 Å². The number of halogens is 1. The Morgan fingerprint density at radius 2 is 1.86 bits per heavy atom. The van der Waals surface area contributed by atoms with Gasteiger partial charge in [-0.3, -0.25) is 4.79 Å². The van der Waals surface area contributed by atoms with E-state index < -0.39 is 0 Å². The lowest BCUT2D eigenvalue weighted by Gasteiger charge is -2.09. The molecule has 1 aromatic carbocycles. The van der Waals surface area contributed by atoms with E-state index in [0.717, 1.165) is 22.4 Å². The average Bonchev–Trinajstić information content (AvgIpc) is 2.16. The normalized spacial score (nSPS) is 10.0. The average molecular weight is 257 g/mol. The Kier molecular flexibility index (Phi) is 3.69. The number of ether oxygens (including phenoxy) is 1. The van der Waals surface area contributed by atoms with Gasteiger partial charge in [0.25, 0.3) is 0 Å². The molecule has 0 aromatic heterocycles. The number of aryl methyl sites for hydroxylation is 2. The quantitative estimate of drug-likeness (QED) is 0.614. The maximum Gasteiger partial charge on any atom is 0.173 e. The smallest absolute Gasteiger partial charge is 0.173 e. The Bertz CT molecular complexity index is 335. The molecular formula is C11H13BrO2. The molecule has 3 heteroatoms. The standard InChI is InChI=1S/C11H13BrO2/c1-7-4-9(10(13)6-12)5-8(2)11(7)14-3/h4-5H,6H2,1-3H3. The van der Waals surface area contributed by atoms with Crippen LogP contribution in [0.25, 0.3) is 0 Å². The van der Waals surface area contributed by atoms with Crippen LogP contribution in [0, 0.1) is 13.8 Å². The summed E-state index contributed by atoms with van der Waals surface area (Å²) in [5, 5.41) is 0.359. The van der Waals surface area contributed by atoms with E-state index in [1.807, 2.05) is 26.0 Å². The molecule has 0 spiro atoms. The van der Waals surface area contributed by atoms with Crippen LogP contribution in [0.4, 0.5) is 0 Å². The third-order valence-corrected chi connectivity index (χ3v) is 2.62. The number of rotatable bonds is 3. The van der Waals surface area contributed by atoms with Crippen LogP contribution >= 0.6 is 15.9 Å². The van der Waals surface area contributed by atoms with Crippen LogP contribution in [0.5, 0.6) is 5.75 Å². The Morgan fingerprint density at radius 3 is 2.21 bits per heavy atom. The lowest BCUT2D eigenvalue weighted by Crippen LogP contribution is -2.02. The van der Waals surface area contributed by atoms with Crippen LogP contribution in [-0.4, -0.2) is 18.2 Å². The molecule has 0 atom stereocenters. The minimum Gasteiger partial charge on any atom is -0.496 e. The predicted octanol–water partition coefficient (Wildman–Crippen LogP) is 2.89. The largest absolute Gasteiger partial charge is 0.496 e. The van der Waals surface area contributed by atoms with Gasteiger partial charge in [-0.25, -0.2) is 0 Å². The zero-order valence-corrected chi connectivity index (χ0v) is 10.1. The summed E-state index contributed by atoms with van der Waals surface area (Å²) >= 11 is 3.16. The molecule has 0 fully saturated rings. The van der Waals surface area contributed by atoms with Crippen LogP contribution in [0.3, 0.4) is 0 Å². The summed E-state index contributed by atoms with van der Waals surface area (Å²) < 4.78 is 5.22. The van der Waals surface area contributed by atoms with E-state index in [4.69, 9.17) is 4.74 Å². The molecule has 0 saturated heterocycles. The number of benzene rings is 1. The molecule has 0 aliphatic heterocycles. The van der Waals surface area contributed by atoms with E-state index in [2.05, 4.69) is 15.9 Å². The molecule has 1 rings (SSSR count). The Morgan fingerprint density at radius 1 is 1.36 bits per heavy atom. The minimum absolute atomic E-state index is 0.0962. The van der Waals surface area contributed by atoms with E-state index in [1.54, 1.807) is 7.11 Å². The number of hydrogen-bond donors (Lipinski definition) is 0. The first-order chi connectivity index (χ1) is 6.60. The lowest BCUT2D eigenvalue weighted by molar-refractivity contribution is 0.102. The first-order valence-electron chi connectivity index (χ1n) is 4.34. The van der Waals surface area contributed by atoms with E-state index in [9.17, 15) is 4.79 Å². The molecule has 0 bridgehead atoms. The fraction of sp³-hybridized carbons (Fsp3) is 0.364. The van der Waals surface area contributed by atoms with Crippen molar-refractivity contribution in [2.45, 2.75) is 13.8 Å². The Hall–Kier alpha value is -0.830. The molecule has 0 unspecified atom stereocenters. The number of methoxy groups -OCH3 is 1. The first-order valence-corrected chi connectivity index (χ1v) is 5.46. The third-order valence-electron chi connectivity index (χ3n) is 2.11. The van der Waals surface area contributed by atoms with Gasteiger partial charge in [0.2, 0.25) is 0 Å². The second kappa shape index (κ2) is 4.60. The van der Waals surface area contributed by atoms with Gasteiger partial charge in [0.05, 0.1) is 12.4 Å². The van der Waals surface area contributed by atoms with Gasteiger partial charge in [-0.05, 0) is 37.1 Å². The number of hydrogen-bond acceptors (Lipinski definition) is 2. The third kappa shape index (κ3) is 2.15. The van der Waals surface area contributed by atoms with Crippen LogP contribution in [0.1, 0.15) is 21.5 Å². The maximum absolute atomic E-state index is 11.4. The lowest BCUT2D eigenvalue weighted by atomic mass is 10.0. The van der Waals surface area contributed by atoms with E-state index in [0.29, 0.717) is 5.33 Å². The molecule has 0 aliphatic rings. The van der Waals surface area contributed by atoms with Gasteiger partial charge in [-0.2, -0.15) is 0 Å². The maximum atomic E-state index is 11.4. The molecule has 76 valence electrons. The number of alkyl halides is 1. The fourth-order valence-electron chi connectivity index (χ4n) is 1.51. The van der Waals surface area contributed by atoms with E-state index >= 15 is 0 Å². The van der Waals surface area contributed by atoms with Crippen molar-refractivity contribution in [1.82, 2.24) is 0 Å². The second-order valence-corrected chi connectivity index (χ2v) is 3.76. The monoisotopic (exact) mass is 256 g/mol. The zero-order chi connectivity index (χ0) is 10.7. The molecule has 1 aromatic rings. The van der Waals surface area contributed by atoms with E-state index in [1.165, 1.54) is 0 Å². The molecule has 0 heterocycles. The highest BCUT2D eigenvalue weighted by Gasteiger charge is 2.09. The zero-order valence-electron chi connectivity index (χ0n) is 8.56. The molecular weight excluding hydrogens is 244 g/mol. The summed E-state index contributed by atoms with van der Waals surface area (Å²) in [7, 11) is 1.64. The van der Waals surface area contributed by atoms with Crippen LogP contribution in [0.15, 0.2) is 12.1 Å². The van der Waals surface area contributed by atoms with Crippen LogP contribution < -0.4 is 4.74 Å². The van der Waals surface area contributed by atoms with Crippen LogP contribution in [0.2, 0.25) is 0 Å². The van der Waals surface area contributed by atoms with Gasteiger partial charge in [-0.1, -0.05) is 15.9 Å². The summed E-state index contributed by atoms with van der Waals surface area (Å²) in [4.78, 5) is 11.4. The fourth-order valence-corrected chi connectivity index (χ4v) is 1.83. The summed E-state index contributed by atoms with van der Waals surface area (Å²) in [6.45, 7) is 3.88. The predicted molar refractivity (Wildman–Crippen MR) is 60.6 cm³/mol. The van der Waals surface area contributed by atoms with Gasteiger partial charge in [0.1, 0.15) is 5.75 Å². The van der Waals surface area contributed by atoms with Crippen molar-refractivity contribution in [3.05, 3.63) is 28.8 Å². The summed E-state index contributed by atoms with van der Waals surface area (Å²) in [5.41, 5.74) is 2.73. The Balaban J connectivity index is 3.20.